The van der Waals surface area contributed by atoms with Crippen LogP contribution < -0.4 is 10.0 Å². The summed E-state index contributed by atoms with van der Waals surface area (Å²) in [5.74, 6) is 0. The van der Waals surface area contributed by atoms with E-state index in [1.54, 1.807) is 0 Å². The first-order valence-electron chi connectivity index (χ1n) is 5.73. The van der Waals surface area contributed by atoms with Gasteiger partial charge in [-0.05, 0) is 19.3 Å². The fourth-order valence-electron chi connectivity index (χ4n) is 1.59. The van der Waals surface area contributed by atoms with Gasteiger partial charge in [0.05, 0.1) is 0 Å². The van der Waals surface area contributed by atoms with Crippen molar-refractivity contribution in [2.45, 2.75) is 19.3 Å². The molecule has 16 heavy (non-hydrogen) atoms. The Bertz CT molecular complexity index is 276. The van der Waals surface area contributed by atoms with Crippen LogP contribution in [0.4, 0.5) is 0 Å². The Hall–Kier alpha value is -0.210. The number of aliphatic hydroxyl groups is 1. The third-order valence-electron chi connectivity index (χ3n) is 2.54. The minimum absolute atomic E-state index is 0.171. The van der Waals surface area contributed by atoms with Gasteiger partial charge in [0.2, 0.25) is 0 Å². The van der Waals surface area contributed by atoms with Crippen LogP contribution in [0, 0.1) is 0 Å². The maximum Gasteiger partial charge on any atom is 0.279 e. The van der Waals surface area contributed by atoms with Crippen molar-refractivity contribution in [1.82, 2.24) is 14.3 Å². The van der Waals surface area contributed by atoms with E-state index >= 15 is 0 Å². The maximum atomic E-state index is 11.8. The Morgan fingerprint density at radius 2 is 1.88 bits per heavy atom. The Morgan fingerprint density at radius 3 is 2.50 bits per heavy atom. The molecule has 96 valence electrons. The summed E-state index contributed by atoms with van der Waals surface area (Å²) in [5, 5.41) is 11.7. The molecular weight excluding hydrogens is 230 g/mol. The van der Waals surface area contributed by atoms with Crippen molar-refractivity contribution < 1.29 is 13.5 Å². The van der Waals surface area contributed by atoms with E-state index < -0.39 is 10.2 Å². The van der Waals surface area contributed by atoms with Crippen LogP contribution in [0.5, 0.6) is 0 Å². The van der Waals surface area contributed by atoms with Crippen molar-refractivity contribution >= 4 is 10.2 Å². The smallest absolute Gasteiger partial charge is 0.279 e. The molecule has 1 fully saturated rings. The molecule has 6 nitrogen and oxygen atoms in total. The average molecular weight is 251 g/mol. The molecule has 0 saturated carbocycles. The van der Waals surface area contributed by atoms with E-state index in [-0.39, 0.29) is 6.61 Å². The summed E-state index contributed by atoms with van der Waals surface area (Å²) in [6.45, 7) is 3.12. The molecule has 0 atom stereocenters. The zero-order valence-corrected chi connectivity index (χ0v) is 10.3. The van der Waals surface area contributed by atoms with Crippen molar-refractivity contribution in [2.75, 3.05) is 39.3 Å². The van der Waals surface area contributed by atoms with Gasteiger partial charge in [-0.3, -0.25) is 0 Å². The van der Waals surface area contributed by atoms with Gasteiger partial charge in [0, 0.05) is 39.3 Å². The van der Waals surface area contributed by atoms with E-state index in [9.17, 15) is 8.42 Å². The van der Waals surface area contributed by atoms with Gasteiger partial charge < -0.3 is 10.4 Å². The van der Waals surface area contributed by atoms with Gasteiger partial charge in [0.1, 0.15) is 0 Å². The lowest BCUT2D eigenvalue weighted by Crippen LogP contribution is -2.50. The highest BCUT2D eigenvalue weighted by atomic mass is 32.2. The lowest BCUT2D eigenvalue weighted by atomic mass is 10.2. The Labute approximate surface area is 97.2 Å². The summed E-state index contributed by atoms with van der Waals surface area (Å²) in [4.78, 5) is 0. The molecule has 1 aliphatic rings. The van der Waals surface area contributed by atoms with E-state index in [4.69, 9.17) is 5.11 Å². The van der Waals surface area contributed by atoms with Crippen LogP contribution in [0.15, 0.2) is 0 Å². The van der Waals surface area contributed by atoms with Gasteiger partial charge >= 0.3 is 0 Å². The molecule has 0 bridgehead atoms. The number of hydrogen-bond acceptors (Lipinski definition) is 4. The maximum absolute atomic E-state index is 11.8. The van der Waals surface area contributed by atoms with Crippen molar-refractivity contribution in [1.29, 1.82) is 0 Å². The van der Waals surface area contributed by atoms with Gasteiger partial charge in [0.15, 0.2) is 0 Å². The first-order chi connectivity index (χ1) is 7.67. The fourth-order valence-corrected chi connectivity index (χ4v) is 2.84. The predicted molar refractivity (Wildman–Crippen MR) is 62.3 cm³/mol. The van der Waals surface area contributed by atoms with Crippen molar-refractivity contribution in [3.05, 3.63) is 0 Å². The van der Waals surface area contributed by atoms with Crippen LogP contribution >= 0.6 is 0 Å². The van der Waals surface area contributed by atoms with Gasteiger partial charge in [-0.1, -0.05) is 0 Å². The molecule has 0 spiro atoms. The number of aliphatic hydroxyl groups excluding tert-OH is 1. The molecular formula is C9H21N3O3S. The van der Waals surface area contributed by atoms with Crippen molar-refractivity contribution in [3.63, 3.8) is 0 Å². The average Bonchev–Trinajstić information content (AvgIpc) is 2.30. The molecule has 0 amide bonds. The summed E-state index contributed by atoms with van der Waals surface area (Å²) >= 11 is 0. The largest absolute Gasteiger partial charge is 0.396 e. The van der Waals surface area contributed by atoms with Crippen LogP contribution in [0.3, 0.4) is 0 Å². The van der Waals surface area contributed by atoms with Crippen molar-refractivity contribution in [2.24, 2.45) is 0 Å². The predicted octanol–water partition coefficient (Wildman–Crippen LogP) is -1.11. The van der Waals surface area contributed by atoms with Crippen LogP contribution in [0.1, 0.15) is 19.3 Å². The van der Waals surface area contributed by atoms with Crippen LogP contribution in [0.25, 0.3) is 0 Å². The topological polar surface area (TPSA) is 81.7 Å². The molecule has 1 aliphatic heterocycles. The first kappa shape index (κ1) is 13.9. The molecule has 0 aromatic rings. The Morgan fingerprint density at radius 1 is 1.19 bits per heavy atom. The molecule has 1 saturated heterocycles. The standard InChI is InChI=1S/C9H21N3O3S/c13-9-3-1-2-4-11-16(14,15)12-7-5-10-6-8-12/h10-11,13H,1-9H2. The molecule has 1 heterocycles. The minimum Gasteiger partial charge on any atom is -0.396 e. The lowest BCUT2D eigenvalue weighted by molar-refractivity contribution is 0.283. The summed E-state index contributed by atoms with van der Waals surface area (Å²) in [5.41, 5.74) is 0. The highest BCUT2D eigenvalue weighted by molar-refractivity contribution is 7.87. The first-order valence-corrected chi connectivity index (χ1v) is 7.17. The second-order valence-electron chi connectivity index (χ2n) is 3.83. The number of nitrogens with zero attached hydrogens (tertiary/aromatic N) is 1. The van der Waals surface area contributed by atoms with Crippen LogP contribution in [0.2, 0.25) is 0 Å². The summed E-state index contributed by atoms with van der Waals surface area (Å²) < 4.78 is 27.6. The van der Waals surface area contributed by atoms with Gasteiger partial charge in [-0.15, -0.1) is 0 Å². The van der Waals surface area contributed by atoms with E-state index in [1.165, 1.54) is 4.31 Å². The van der Waals surface area contributed by atoms with E-state index in [2.05, 4.69) is 10.0 Å². The number of hydrogen-bond donors (Lipinski definition) is 3. The number of nitrogens with one attached hydrogen (secondary N) is 2. The molecule has 0 aromatic carbocycles. The molecule has 3 N–H and O–H groups in total. The normalized spacial score (nSPS) is 18.8. The number of unbranched alkanes of at least 4 members (excludes halogenated alkanes) is 2. The van der Waals surface area contributed by atoms with E-state index in [0.717, 1.165) is 19.3 Å². The SMILES string of the molecule is O=S(=O)(NCCCCCO)N1CCNCC1. The Kier molecular flexibility index (Phi) is 6.22. The van der Waals surface area contributed by atoms with Gasteiger partial charge in [-0.25, -0.2) is 4.72 Å². The molecule has 0 aromatic heterocycles. The number of rotatable bonds is 7. The molecule has 0 unspecified atom stereocenters. The molecule has 7 heteroatoms. The highest BCUT2D eigenvalue weighted by Gasteiger charge is 2.22. The van der Waals surface area contributed by atoms with E-state index in [0.29, 0.717) is 32.7 Å². The Balaban J connectivity index is 2.22. The highest BCUT2D eigenvalue weighted by Crippen LogP contribution is 2.00. The second-order valence-corrected chi connectivity index (χ2v) is 5.59. The summed E-state index contributed by atoms with van der Waals surface area (Å²) in [6, 6.07) is 0. The molecule has 0 radical (unpaired) electrons. The van der Waals surface area contributed by atoms with Gasteiger partial charge in [-0.2, -0.15) is 12.7 Å². The quantitative estimate of drug-likeness (QED) is 0.501. The summed E-state index contributed by atoms with van der Waals surface area (Å²) in [7, 11) is -3.29. The van der Waals surface area contributed by atoms with Crippen LogP contribution in [-0.2, 0) is 10.2 Å². The van der Waals surface area contributed by atoms with Crippen molar-refractivity contribution in [3.8, 4) is 0 Å². The van der Waals surface area contributed by atoms with Gasteiger partial charge in [0.25, 0.3) is 10.2 Å². The zero-order valence-electron chi connectivity index (χ0n) is 9.48. The number of piperazine rings is 1. The van der Waals surface area contributed by atoms with Crippen LogP contribution in [-0.4, -0.2) is 57.2 Å². The third kappa shape index (κ3) is 4.75. The molecule has 0 aliphatic carbocycles. The molecule has 1 rings (SSSR count). The minimum atomic E-state index is -3.29. The zero-order chi connectivity index (χ0) is 11.9. The summed E-state index contributed by atoms with van der Waals surface area (Å²) in [6.07, 6.45) is 2.35. The fraction of sp³-hybridized carbons (Fsp3) is 1.00. The van der Waals surface area contributed by atoms with E-state index in [1.807, 2.05) is 0 Å². The lowest BCUT2D eigenvalue weighted by Gasteiger charge is -2.26. The third-order valence-corrected chi connectivity index (χ3v) is 4.15. The second kappa shape index (κ2) is 7.18. The monoisotopic (exact) mass is 251 g/mol.